The van der Waals surface area contributed by atoms with Gasteiger partial charge in [0.2, 0.25) is 5.91 Å². The molecule has 86 valence electrons. The van der Waals surface area contributed by atoms with Crippen LogP contribution in [0, 0.1) is 5.92 Å². The molecule has 1 N–H and O–H groups in total. The highest BCUT2D eigenvalue weighted by atomic mass is 16.4. The fraction of sp³-hybridized carbons (Fsp3) is 0.800. The van der Waals surface area contributed by atoms with Gasteiger partial charge in [-0.3, -0.25) is 4.79 Å². The van der Waals surface area contributed by atoms with Crippen molar-refractivity contribution in [2.75, 3.05) is 32.7 Å². The summed E-state index contributed by atoms with van der Waals surface area (Å²) < 4.78 is 0. The van der Waals surface area contributed by atoms with E-state index in [-0.39, 0.29) is 18.4 Å². The third-order valence-electron chi connectivity index (χ3n) is 2.67. The summed E-state index contributed by atoms with van der Waals surface area (Å²) in [4.78, 5) is 24.8. The molecule has 0 bridgehead atoms. The molecule has 0 spiro atoms. The van der Waals surface area contributed by atoms with Gasteiger partial charge in [0.25, 0.3) is 0 Å². The smallest absolute Gasteiger partial charge is 0.225 e. The van der Waals surface area contributed by atoms with Gasteiger partial charge in [-0.2, -0.15) is 0 Å². The van der Waals surface area contributed by atoms with Crippen molar-refractivity contribution in [1.82, 2.24) is 4.90 Å². The number of carboxylic acid groups (broad SMARTS) is 1. The number of carboxylic acids is 1. The van der Waals surface area contributed by atoms with Crippen molar-refractivity contribution in [2.45, 2.75) is 13.8 Å². The number of nitrogens with zero attached hydrogens (tertiary/aromatic N) is 1. The molecule has 0 aromatic rings. The van der Waals surface area contributed by atoms with E-state index in [4.69, 9.17) is 0 Å². The first-order chi connectivity index (χ1) is 7.00. The lowest BCUT2D eigenvalue weighted by Crippen LogP contribution is -3.16. The van der Waals surface area contributed by atoms with Crippen molar-refractivity contribution in [3.63, 3.8) is 0 Å². The zero-order valence-corrected chi connectivity index (χ0v) is 9.28. The molecule has 1 rings (SSSR count). The van der Waals surface area contributed by atoms with E-state index in [0.717, 1.165) is 4.90 Å². The second-order valence-corrected chi connectivity index (χ2v) is 4.28. The molecule has 0 radical (unpaired) electrons. The SMILES string of the molecule is CC(C)C(=O)N1CC[NH+](CC(=O)[O-])CC1. The van der Waals surface area contributed by atoms with Gasteiger partial charge in [-0.25, -0.2) is 0 Å². The number of nitrogens with one attached hydrogen (secondary N) is 1. The molecule has 1 aliphatic heterocycles. The third kappa shape index (κ3) is 3.51. The molecule has 0 saturated carbocycles. The van der Waals surface area contributed by atoms with Crippen LogP contribution in [0.2, 0.25) is 0 Å². The van der Waals surface area contributed by atoms with Crippen LogP contribution < -0.4 is 10.0 Å². The molecule has 15 heavy (non-hydrogen) atoms. The highest BCUT2D eigenvalue weighted by Gasteiger charge is 2.24. The zero-order valence-electron chi connectivity index (χ0n) is 9.28. The van der Waals surface area contributed by atoms with Crippen LogP contribution in [0.15, 0.2) is 0 Å². The zero-order chi connectivity index (χ0) is 11.4. The molecule has 1 aliphatic rings. The number of carbonyl (C=O) groups excluding carboxylic acids is 2. The number of rotatable bonds is 3. The normalized spacial score (nSPS) is 18.2. The van der Waals surface area contributed by atoms with E-state index in [9.17, 15) is 14.7 Å². The minimum Gasteiger partial charge on any atom is -0.544 e. The first-order valence-corrected chi connectivity index (χ1v) is 5.33. The summed E-state index contributed by atoms with van der Waals surface area (Å²) in [5.41, 5.74) is 0. The van der Waals surface area contributed by atoms with Gasteiger partial charge < -0.3 is 19.7 Å². The summed E-state index contributed by atoms with van der Waals surface area (Å²) in [6.07, 6.45) is 0. The van der Waals surface area contributed by atoms with Gasteiger partial charge in [-0.05, 0) is 0 Å². The number of hydrogen-bond donors (Lipinski definition) is 1. The number of carbonyl (C=O) groups is 2. The molecule has 0 aromatic carbocycles. The van der Waals surface area contributed by atoms with Gasteiger partial charge in [-0.15, -0.1) is 0 Å². The summed E-state index contributed by atoms with van der Waals surface area (Å²) in [7, 11) is 0. The van der Waals surface area contributed by atoms with Crippen LogP contribution in [-0.4, -0.2) is 49.5 Å². The van der Waals surface area contributed by atoms with E-state index < -0.39 is 5.97 Å². The van der Waals surface area contributed by atoms with Crippen LogP contribution in [0.1, 0.15) is 13.8 Å². The largest absolute Gasteiger partial charge is 0.544 e. The Labute approximate surface area is 89.7 Å². The van der Waals surface area contributed by atoms with Gasteiger partial charge in [0, 0.05) is 5.92 Å². The Bertz CT molecular complexity index is 245. The average molecular weight is 214 g/mol. The predicted octanol–water partition coefficient (Wildman–Crippen LogP) is -2.88. The topological polar surface area (TPSA) is 64.9 Å². The summed E-state index contributed by atoms with van der Waals surface area (Å²) in [6.45, 7) is 6.51. The van der Waals surface area contributed by atoms with E-state index >= 15 is 0 Å². The van der Waals surface area contributed by atoms with Gasteiger partial charge in [0.1, 0.15) is 6.54 Å². The monoisotopic (exact) mass is 214 g/mol. The summed E-state index contributed by atoms with van der Waals surface area (Å²) in [5.74, 6) is -0.844. The van der Waals surface area contributed by atoms with Crippen LogP contribution in [0.5, 0.6) is 0 Å². The van der Waals surface area contributed by atoms with Crippen LogP contribution in [-0.2, 0) is 9.59 Å². The Hall–Kier alpha value is -1.10. The molecule has 1 fully saturated rings. The lowest BCUT2D eigenvalue weighted by molar-refractivity contribution is -0.898. The minimum atomic E-state index is -1.02. The first-order valence-electron chi connectivity index (χ1n) is 5.33. The maximum Gasteiger partial charge on any atom is 0.225 e. The highest BCUT2D eigenvalue weighted by molar-refractivity contribution is 5.78. The van der Waals surface area contributed by atoms with Crippen LogP contribution in [0.3, 0.4) is 0 Å². The lowest BCUT2D eigenvalue weighted by Gasteiger charge is -2.33. The minimum absolute atomic E-state index is 0.0210. The molecule has 5 heteroatoms. The van der Waals surface area contributed by atoms with E-state index in [2.05, 4.69) is 0 Å². The molecular weight excluding hydrogens is 196 g/mol. The quantitative estimate of drug-likeness (QED) is 0.549. The van der Waals surface area contributed by atoms with E-state index in [1.165, 1.54) is 0 Å². The Kier molecular flexibility index (Phi) is 4.08. The third-order valence-corrected chi connectivity index (χ3v) is 2.67. The second-order valence-electron chi connectivity index (χ2n) is 4.28. The van der Waals surface area contributed by atoms with Crippen molar-refractivity contribution in [1.29, 1.82) is 0 Å². The summed E-state index contributed by atoms with van der Waals surface area (Å²) in [5, 5.41) is 10.4. The van der Waals surface area contributed by atoms with Gasteiger partial charge in [0.15, 0.2) is 0 Å². The molecule has 0 unspecified atom stereocenters. The molecule has 0 aromatic heterocycles. The Morgan fingerprint density at radius 2 is 1.87 bits per heavy atom. The maximum absolute atomic E-state index is 11.6. The van der Waals surface area contributed by atoms with Crippen molar-refractivity contribution >= 4 is 11.9 Å². The van der Waals surface area contributed by atoms with Crippen molar-refractivity contribution in [3.8, 4) is 0 Å². The molecule has 5 nitrogen and oxygen atoms in total. The van der Waals surface area contributed by atoms with Crippen molar-refractivity contribution < 1.29 is 19.6 Å². The lowest BCUT2D eigenvalue weighted by atomic mass is 10.1. The molecular formula is C10H18N2O3. The first kappa shape index (κ1) is 12.0. The maximum atomic E-state index is 11.6. The Balaban J connectivity index is 2.35. The predicted molar refractivity (Wildman–Crippen MR) is 52.0 cm³/mol. The van der Waals surface area contributed by atoms with Crippen LogP contribution >= 0.6 is 0 Å². The van der Waals surface area contributed by atoms with E-state index in [1.807, 2.05) is 18.7 Å². The standard InChI is InChI=1S/C10H18N2O3/c1-8(2)10(15)12-5-3-11(4-6-12)7-9(13)14/h8H,3-7H2,1-2H3,(H,13,14). The van der Waals surface area contributed by atoms with Gasteiger partial charge in [0.05, 0.1) is 32.1 Å². The fourth-order valence-electron chi connectivity index (χ4n) is 1.79. The number of quaternary nitrogens is 1. The average Bonchev–Trinajstić information content (AvgIpc) is 2.17. The van der Waals surface area contributed by atoms with E-state index in [0.29, 0.717) is 26.2 Å². The van der Waals surface area contributed by atoms with Crippen molar-refractivity contribution in [2.24, 2.45) is 5.92 Å². The van der Waals surface area contributed by atoms with Crippen LogP contribution in [0.25, 0.3) is 0 Å². The molecule has 1 heterocycles. The van der Waals surface area contributed by atoms with Gasteiger partial charge in [-0.1, -0.05) is 13.8 Å². The highest BCUT2D eigenvalue weighted by Crippen LogP contribution is 2.00. The number of amides is 1. The number of aliphatic carboxylic acids is 1. The van der Waals surface area contributed by atoms with Gasteiger partial charge >= 0.3 is 0 Å². The molecule has 0 aliphatic carbocycles. The summed E-state index contributed by atoms with van der Waals surface area (Å²) >= 11 is 0. The Morgan fingerprint density at radius 1 is 1.33 bits per heavy atom. The second kappa shape index (κ2) is 5.11. The van der Waals surface area contributed by atoms with Crippen LogP contribution in [0.4, 0.5) is 0 Å². The van der Waals surface area contributed by atoms with Crippen molar-refractivity contribution in [3.05, 3.63) is 0 Å². The molecule has 1 saturated heterocycles. The summed E-state index contributed by atoms with van der Waals surface area (Å²) in [6, 6.07) is 0. The molecule has 0 atom stereocenters. The fourth-order valence-corrected chi connectivity index (χ4v) is 1.79. The Morgan fingerprint density at radius 3 is 2.27 bits per heavy atom. The number of piperazine rings is 1. The molecule has 1 amide bonds. The van der Waals surface area contributed by atoms with E-state index in [1.54, 1.807) is 0 Å². The number of hydrogen-bond acceptors (Lipinski definition) is 3.